The van der Waals surface area contributed by atoms with Gasteiger partial charge in [0.1, 0.15) is 5.72 Å². The Morgan fingerprint density at radius 2 is 2.25 bits per heavy atom. The van der Waals surface area contributed by atoms with Crippen molar-refractivity contribution in [3.63, 3.8) is 0 Å². The number of likely N-dealkylation sites (tertiary alicyclic amines) is 1. The molecule has 0 aliphatic carbocycles. The highest BCUT2D eigenvalue weighted by Crippen LogP contribution is 2.28. The minimum Gasteiger partial charge on any atom is -0.359 e. The molecule has 2 rings (SSSR count). The van der Waals surface area contributed by atoms with Gasteiger partial charge in [0.2, 0.25) is 0 Å². The molecule has 2 aliphatic heterocycles. The summed E-state index contributed by atoms with van der Waals surface area (Å²) in [6.07, 6.45) is 3.85. The maximum atomic E-state index is 5.86. The standard InChI is InChI=1S/C12H24N2O.ClH/c1-10-9-15-12(2,13-10)7-11-5-4-6-14(3)8-11;/h10-11,13H,4-9H2,1-3H3;1H. The highest BCUT2D eigenvalue weighted by atomic mass is 35.5. The van der Waals surface area contributed by atoms with Gasteiger partial charge in [0.25, 0.3) is 0 Å². The zero-order chi connectivity index (χ0) is 10.9. The maximum Gasteiger partial charge on any atom is 0.117 e. The van der Waals surface area contributed by atoms with Gasteiger partial charge in [-0.2, -0.15) is 0 Å². The molecule has 2 fully saturated rings. The predicted octanol–water partition coefficient (Wildman–Crippen LogP) is 1.86. The van der Waals surface area contributed by atoms with Crippen molar-refractivity contribution in [1.29, 1.82) is 0 Å². The summed E-state index contributed by atoms with van der Waals surface area (Å²) < 4.78 is 5.86. The molecule has 0 bridgehead atoms. The van der Waals surface area contributed by atoms with Crippen LogP contribution in [0.5, 0.6) is 0 Å². The van der Waals surface area contributed by atoms with Crippen molar-refractivity contribution < 1.29 is 4.74 Å². The van der Waals surface area contributed by atoms with E-state index in [0.29, 0.717) is 6.04 Å². The van der Waals surface area contributed by atoms with E-state index in [1.54, 1.807) is 0 Å². The van der Waals surface area contributed by atoms with Crippen LogP contribution in [0.3, 0.4) is 0 Å². The van der Waals surface area contributed by atoms with Gasteiger partial charge >= 0.3 is 0 Å². The summed E-state index contributed by atoms with van der Waals surface area (Å²) in [5.74, 6) is 0.798. The van der Waals surface area contributed by atoms with E-state index in [2.05, 4.69) is 31.1 Å². The third-order valence-electron chi connectivity index (χ3n) is 3.60. The van der Waals surface area contributed by atoms with Crippen LogP contribution in [0.15, 0.2) is 0 Å². The van der Waals surface area contributed by atoms with Crippen molar-refractivity contribution in [2.24, 2.45) is 5.92 Å². The second-order valence-electron chi connectivity index (χ2n) is 5.56. The van der Waals surface area contributed by atoms with Crippen LogP contribution in [0.2, 0.25) is 0 Å². The van der Waals surface area contributed by atoms with Gasteiger partial charge in [-0.3, -0.25) is 5.32 Å². The largest absolute Gasteiger partial charge is 0.359 e. The van der Waals surface area contributed by atoms with Crippen LogP contribution < -0.4 is 5.32 Å². The van der Waals surface area contributed by atoms with Crippen molar-refractivity contribution in [2.45, 2.75) is 44.9 Å². The predicted molar refractivity (Wildman–Crippen MR) is 69.0 cm³/mol. The Morgan fingerprint density at radius 3 is 2.81 bits per heavy atom. The van der Waals surface area contributed by atoms with E-state index < -0.39 is 0 Å². The van der Waals surface area contributed by atoms with Gasteiger partial charge < -0.3 is 9.64 Å². The summed E-state index contributed by atoms with van der Waals surface area (Å²) in [5, 5.41) is 3.55. The lowest BCUT2D eigenvalue weighted by Crippen LogP contribution is -2.44. The van der Waals surface area contributed by atoms with Gasteiger partial charge in [0.15, 0.2) is 0 Å². The summed E-state index contributed by atoms with van der Waals surface area (Å²) >= 11 is 0. The minimum absolute atomic E-state index is 0. The Labute approximate surface area is 105 Å². The Kier molecular flexibility index (Phi) is 5.05. The molecule has 2 aliphatic rings. The first kappa shape index (κ1) is 14.2. The zero-order valence-electron chi connectivity index (χ0n) is 10.7. The first-order chi connectivity index (χ1) is 7.07. The maximum absolute atomic E-state index is 5.86. The van der Waals surface area contributed by atoms with E-state index in [1.807, 2.05) is 0 Å². The van der Waals surface area contributed by atoms with Crippen molar-refractivity contribution in [2.75, 3.05) is 26.7 Å². The number of ether oxygens (including phenoxy) is 1. The Hall–Kier alpha value is 0.170. The molecule has 0 radical (unpaired) electrons. The topological polar surface area (TPSA) is 24.5 Å². The first-order valence-corrected chi connectivity index (χ1v) is 6.18. The highest BCUT2D eigenvalue weighted by molar-refractivity contribution is 5.85. The fourth-order valence-corrected chi connectivity index (χ4v) is 3.02. The molecule has 0 spiro atoms. The number of hydrogen-bond donors (Lipinski definition) is 1. The molecule has 0 aromatic carbocycles. The SMILES string of the molecule is CC1COC(C)(CC2CCCN(C)C2)N1.Cl. The van der Waals surface area contributed by atoms with Crippen molar-refractivity contribution in [3.8, 4) is 0 Å². The summed E-state index contributed by atoms with van der Waals surface area (Å²) in [6, 6.07) is 0.510. The van der Waals surface area contributed by atoms with Crippen LogP contribution >= 0.6 is 12.4 Å². The molecule has 0 aromatic rings. The Balaban J connectivity index is 0.00000128. The van der Waals surface area contributed by atoms with E-state index in [9.17, 15) is 0 Å². The smallest absolute Gasteiger partial charge is 0.117 e. The Morgan fingerprint density at radius 1 is 1.50 bits per heavy atom. The number of piperidine rings is 1. The molecule has 0 amide bonds. The van der Waals surface area contributed by atoms with Crippen molar-refractivity contribution in [3.05, 3.63) is 0 Å². The van der Waals surface area contributed by atoms with Crippen LogP contribution in [0.4, 0.5) is 0 Å². The molecule has 2 saturated heterocycles. The van der Waals surface area contributed by atoms with Crippen molar-refractivity contribution in [1.82, 2.24) is 10.2 Å². The third-order valence-corrected chi connectivity index (χ3v) is 3.60. The summed E-state index contributed by atoms with van der Waals surface area (Å²) in [4.78, 5) is 2.44. The lowest BCUT2D eigenvalue weighted by atomic mass is 9.90. The van der Waals surface area contributed by atoms with Crippen LogP contribution in [0.1, 0.15) is 33.1 Å². The average molecular weight is 249 g/mol. The molecular weight excluding hydrogens is 224 g/mol. The number of halogens is 1. The van der Waals surface area contributed by atoms with E-state index in [4.69, 9.17) is 4.74 Å². The molecule has 3 atom stereocenters. The van der Waals surface area contributed by atoms with Gasteiger partial charge in [0.05, 0.1) is 6.61 Å². The summed E-state index contributed by atoms with van der Waals surface area (Å²) in [5.41, 5.74) is -0.0672. The molecule has 0 aromatic heterocycles. The zero-order valence-corrected chi connectivity index (χ0v) is 11.5. The van der Waals surface area contributed by atoms with Crippen molar-refractivity contribution >= 4 is 12.4 Å². The van der Waals surface area contributed by atoms with E-state index in [0.717, 1.165) is 18.9 Å². The number of hydrogen-bond acceptors (Lipinski definition) is 3. The van der Waals surface area contributed by atoms with Crippen LogP contribution in [0.25, 0.3) is 0 Å². The van der Waals surface area contributed by atoms with Crippen LogP contribution in [-0.4, -0.2) is 43.4 Å². The molecule has 3 unspecified atom stereocenters. The summed E-state index contributed by atoms with van der Waals surface area (Å²) in [6.45, 7) is 7.75. The highest BCUT2D eigenvalue weighted by Gasteiger charge is 2.36. The molecule has 2 heterocycles. The minimum atomic E-state index is -0.0672. The molecule has 0 saturated carbocycles. The normalized spacial score (nSPS) is 40.7. The van der Waals surface area contributed by atoms with E-state index >= 15 is 0 Å². The van der Waals surface area contributed by atoms with Gasteiger partial charge in [-0.05, 0) is 52.6 Å². The molecule has 4 heteroatoms. The number of nitrogens with one attached hydrogen (secondary N) is 1. The lowest BCUT2D eigenvalue weighted by Gasteiger charge is -2.35. The van der Waals surface area contributed by atoms with Crippen LogP contribution in [-0.2, 0) is 4.74 Å². The molecule has 1 N–H and O–H groups in total. The lowest BCUT2D eigenvalue weighted by molar-refractivity contribution is -0.0211. The first-order valence-electron chi connectivity index (χ1n) is 6.18. The molecule has 3 nitrogen and oxygen atoms in total. The summed E-state index contributed by atoms with van der Waals surface area (Å²) in [7, 11) is 2.22. The fraction of sp³-hybridized carbons (Fsp3) is 1.00. The quantitative estimate of drug-likeness (QED) is 0.808. The van der Waals surface area contributed by atoms with Gasteiger partial charge in [-0.25, -0.2) is 0 Å². The molecule has 96 valence electrons. The monoisotopic (exact) mass is 248 g/mol. The van der Waals surface area contributed by atoms with Gasteiger partial charge in [0, 0.05) is 12.6 Å². The van der Waals surface area contributed by atoms with Gasteiger partial charge in [-0.1, -0.05) is 0 Å². The molecule has 16 heavy (non-hydrogen) atoms. The van der Waals surface area contributed by atoms with Gasteiger partial charge in [-0.15, -0.1) is 12.4 Å². The Bertz CT molecular complexity index is 227. The third kappa shape index (κ3) is 3.59. The second kappa shape index (κ2) is 5.67. The molecular formula is C12H25ClN2O. The van der Waals surface area contributed by atoms with Crippen LogP contribution in [0, 0.1) is 5.92 Å². The number of nitrogens with zero attached hydrogens (tertiary/aromatic N) is 1. The fourth-order valence-electron chi connectivity index (χ4n) is 3.02. The second-order valence-corrected chi connectivity index (χ2v) is 5.56. The van der Waals surface area contributed by atoms with E-state index in [-0.39, 0.29) is 18.1 Å². The average Bonchev–Trinajstić information content (AvgIpc) is 2.45. The van der Waals surface area contributed by atoms with E-state index in [1.165, 1.54) is 25.9 Å². The number of rotatable bonds is 2.